The molecule has 0 saturated carbocycles. The lowest BCUT2D eigenvalue weighted by Gasteiger charge is -2.31. The standard InChI is InChI=1S/2C32H60Si2/c1-9-12-14-16-18-19-21-22-25-33(5,6)31-28-30(24-11-3)32(27-29(31)4)34(7,8)26-23-20-17-15-13-10-2;1-9-12-14-16-18-19-21-23-26-34(7,8)32-27-29(4)31(28-30(32)24-11-3)33(5,6)25-22-20-17-15-13-10-2/h2*11,24,27-28H,9-10,12-23,25-26H2,1-8H3/b2*24-11+. The molecule has 0 bridgehead atoms. The fourth-order valence-electron chi connectivity index (χ4n) is 11.3. The van der Waals surface area contributed by atoms with Gasteiger partial charge >= 0.3 is 0 Å². The van der Waals surface area contributed by atoms with E-state index in [4.69, 9.17) is 0 Å². The van der Waals surface area contributed by atoms with E-state index in [1.807, 2.05) is 0 Å². The molecule has 0 aliphatic heterocycles. The Hall–Kier alpha value is -1.21. The summed E-state index contributed by atoms with van der Waals surface area (Å²) in [7, 11) is -5.68. The first kappa shape index (κ1) is 64.8. The fourth-order valence-corrected chi connectivity index (χ4v) is 23.4. The largest absolute Gasteiger partial charge is 0.0871 e. The highest BCUT2D eigenvalue weighted by Gasteiger charge is 2.32. The van der Waals surface area contributed by atoms with Gasteiger partial charge in [-0.05, 0) is 38.8 Å². The normalized spacial score (nSPS) is 12.7. The molecular weight excluding hydrogens is 881 g/mol. The first-order valence-electron chi connectivity index (χ1n) is 30.0. The van der Waals surface area contributed by atoms with E-state index in [-0.39, 0.29) is 0 Å². The van der Waals surface area contributed by atoms with Crippen molar-refractivity contribution >= 4 is 65.2 Å². The minimum atomic E-state index is -1.44. The summed E-state index contributed by atoms with van der Waals surface area (Å²) >= 11 is 0. The molecule has 68 heavy (non-hydrogen) atoms. The molecule has 0 atom stereocenters. The molecule has 0 nitrogen and oxygen atoms in total. The van der Waals surface area contributed by atoms with Gasteiger partial charge in [-0.3, -0.25) is 0 Å². The first-order chi connectivity index (χ1) is 32.4. The van der Waals surface area contributed by atoms with E-state index in [0.717, 1.165) is 0 Å². The van der Waals surface area contributed by atoms with Gasteiger partial charge in [0, 0.05) is 0 Å². The highest BCUT2D eigenvalue weighted by molar-refractivity contribution is 6.93. The van der Waals surface area contributed by atoms with E-state index in [1.165, 1.54) is 204 Å². The minimum Gasteiger partial charge on any atom is -0.0871 e. The van der Waals surface area contributed by atoms with Crippen molar-refractivity contribution in [3.63, 3.8) is 0 Å². The van der Waals surface area contributed by atoms with E-state index in [1.54, 1.807) is 43.0 Å². The maximum Gasteiger partial charge on any atom is 0.0814 e. The van der Waals surface area contributed by atoms with Crippen molar-refractivity contribution in [1.29, 1.82) is 0 Å². The lowest BCUT2D eigenvalue weighted by atomic mass is 10.1. The zero-order valence-electron chi connectivity index (χ0n) is 49.2. The zero-order valence-corrected chi connectivity index (χ0v) is 53.2. The van der Waals surface area contributed by atoms with Crippen molar-refractivity contribution in [2.45, 2.75) is 312 Å². The van der Waals surface area contributed by atoms with Crippen molar-refractivity contribution in [1.82, 2.24) is 0 Å². The van der Waals surface area contributed by atoms with Crippen LogP contribution in [0.25, 0.3) is 12.2 Å². The summed E-state index contributed by atoms with van der Waals surface area (Å²) < 4.78 is 0. The van der Waals surface area contributed by atoms with Crippen LogP contribution in [0.1, 0.15) is 244 Å². The predicted molar refractivity (Wildman–Crippen MR) is 331 cm³/mol. The molecular formula is C64H120Si4. The summed E-state index contributed by atoms with van der Waals surface area (Å²) in [6.07, 6.45) is 49.0. The molecule has 4 heteroatoms. The van der Waals surface area contributed by atoms with E-state index >= 15 is 0 Å². The molecule has 0 aliphatic carbocycles. The molecule has 2 aromatic carbocycles. The Morgan fingerprint density at radius 2 is 0.500 bits per heavy atom. The van der Waals surface area contributed by atoms with Crippen molar-refractivity contribution in [3.8, 4) is 0 Å². The number of hydrogen-bond donors (Lipinski definition) is 0. The average Bonchev–Trinajstić information content (AvgIpc) is 3.29. The highest BCUT2D eigenvalue weighted by Crippen LogP contribution is 2.25. The van der Waals surface area contributed by atoms with Gasteiger partial charge in [0.1, 0.15) is 0 Å². The monoisotopic (exact) mass is 1000 g/mol. The second-order valence-corrected chi connectivity index (χ2v) is 43.8. The average molecular weight is 1000 g/mol. The van der Waals surface area contributed by atoms with Crippen LogP contribution in [-0.4, -0.2) is 32.3 Å². The second kappa shape index (κ2) is 36.7. The first-order valence-corrected chi connectivity index (χ1v) is 42.8. The number of allylic oxidation sites excluding steroid dienone is 2. The number of aryl methyl sites for hydroxylation is 2. The summed E-state index contributed by atoms with van der Waals surface area (Å²) in [5.74, 6) is 0. The smallest absolute Gasteiger partial charge is 0.0814 e. The lowest BCUT2D eigenvalue weighted by molar-refractivity contribution is 0.584. The van der Waals surface area contributed by atoms with Gasteiger partial charge in [0.05, 0.1) is 32.3 Å². The zero-order chi connectivity index (χ0) is 50.9. The predicted octanol–water partition coefficient (Wildman–Crippen LogP) is 20.7. The molecule has 0 spiro atoms. The SMILES string of the molecule is C/C=C/c1cc([Si](C)(C)CCCCCCCC)c(C)cc1[Si](C)(C)CCCCCCCCCC.C/C=C/c1cc([Si](C)(C)CCCCCCCCCC)c(C)cc1[Si](C)(C)CCCCCCCC. The quantitative estimate of drug-likeness (QED) is 0.0465. The third-order valence-corrected chi connectivity index (χ3v) is 30.2. The topological polar surface area (TPSA) is 0 Å². The summed E-state index contributed by atoms with van der Waals surface area (Å²) in [5, 5.41) is 6.85. The van der Waals surface area contributed by atoms with Gasteiger partial charge in [0.25, 0.3) is 0 Å². The van der Waals surface area contributed by atoms with Crippen LogP contribution >= 0.6 is 0 Å². The number of rotatable bonds is 38. The molecule has 0 unspecified atom stereocenters. The van der Waals surface area contributed by atoms with Crippen LogP contribution in [0.2, 0.25) is 76.6 Å². The van der Waals surface area contributed by atoms with Crippen LogP contribution in [0, 0.1) is 13.8 Å². The van der Waals surface area contributed by atoms with Gasteiger partial charge in [-0.15, -0.1) is 0 Å². The van der Waals surface area contributed by atoms with Crippen molar-refractivity contribution in [2.24, 2.45) is 0 Å². The number of unbranched alkanes of at least 4 members (excludes halogenated alkanes) is 24. The molecule has 2 rings (SSSR count). The van der Waals surface area contributed by atoms with Gasteiger partial charge in [-0.1, -0.05) is 364 Å². The Kier molecular flexibility index (Phi) is 34.9. The summed E-state index contributed by atoms with van der Waals surface area (Å²) in [6, 6.07) is 16.3. The van der Waals surface area contributed by atoms with Crippen LogP contribution in [-0.2, 0) is 0 Å². The molecule has 0 aromatic heterocycles. The van der Waals surface area contributed by atoms with Gasteiger partial charge in [-0.2, -0.15) is 0 Å². The fraction of sp³-hybridized carbons (Fsp3) is 0.750. The molecule has 0 amide bonds. The Bertz CT molecular complexity index is 1640. The van der Waals surface area contributed by atoms with Gasteiger partial charge in [0.2, 0.25) is 0 Å². The maximum absolute atomic E-state index is 2.64. The van der Waals surface area contributed by atoms with E-state index in [0.29, 0.717) is 0 Å². The molecule has 0 radical (unpaired) electrons. The van der Waals surface area contributed by atoms with Crippen molar-refractivity contribution in [2.75, 3.05) is 0 Å². The van der Waals surface area contributed by atoms with E-state index in [2.05, 4.69) is 156 Å². The van der Waals surface area contributed by atoms with Crippen LogP contribution in [0.15, 0.2) is 36.4 Å². The molecule has 392 valence electrons. The van der Waals surface area contributed by atoms with Crippen molar-refractivity contribution < 1.29 is 0 Å². The lowest BCUT2D eigenvalue weighted by Crippen LogP contribution is -2.48. The summed E-state index contributed by atoms with van der Waals surface area (Å²) in [5.41, 5.74) is 6.26. The highest BCUT2D eigenvalue weighted by atomic mass is 28.3. The van der Waals surface area contributed by atoms with E-state index in [9.17, 15) is 0 Å². The van der Waals surface area contributed by atoms with Crippen LogP contribution in [0.4, 0.5) is 0 Å². The maximum atomic E-state index is 2.64. The second-order valence-electron chi connectivity index (χ2n) is 24.5. The third-order valence-electron chi connectivity index (χ3n) is 16.0. The Labute approximate surface area is 433 Å². The molecule has 0 N–H and O–H groups in total. The van der Waals surface area contributed by atoms with E-state index < -0.39 is 32.3 Å². The van der Waals surface area contributed by atoms with Crippen LogP contribution < -0.4 is 20.7 Å². The third kappa shape index (κ3) is 26.0. The van der Waals surface area contributed by atoms with Crippen molar-refractivity contribution in [3.05, 3.63) is 58.7 Å². The number of hydrogen-bond acceptors (Lipinski definition) is 0. The number of benzene rings is 2. The molecule has 0 fully saturated rings. The molecule has 0 aliphatic rings. The van der Waals surface area contributed by atoms with Gasteiger partial charge in [0.15, 0.2) is 0 Å². The minimum absolute atomic E-state index is 1.34. The molecule has 0 heterocycles. The molecule has 2 aromatic rings. The Balaban J connectivity index is 0.000000680. The van der Waals surface area contributed by atoms with Gasteiger partial charge in [-0.25, -0.2) is 0 Å². The Morgan fingerprint density at radius 1 is 0.294 bits per heavy atom. The molecule has 0 saturated heterocycles. The van der Waals surface area contributed by atoms with Crippen LogP contribution in [0.5, 0.6) is 0 Å². The van der Waals surface area contributed by atoms with Gasteiger partial charge < -0.3 is 0 Å². The van der Waals surface area contributed by atoms with Crippen LogP contribution in [0.3, 0.4) is 0 Å². The summed E-state index contributed by atoms with van der Waals surface area (Å²) in [6.45, 7) is 39.4. The Morgan fingerprint density at radius 3 is 0.721 bits per heavy atom. The summed E-state index contributed by atoms with van der Waals surface area (Å²) in [4.78, 5) is 0.